The second-order valence-electron chi connectivity index (χ2n) is 8.35. The third-order valence-electron chi connectivity index (χ3n) is 5.98. The number of carboxylic acids is 2. The predicted molar refractivity (Wildman–Crippen MR) is 132 cm³/mol. The van der Waals surface area contributed by atoms with Crippen LogP contribution in [0, 0.1) is 5.92 Å². The minimum absolute atomic E-state index is 0.0196. The third-order valence-corrected chi connectivity index (χ3v) is 5.98. The number of methoxy groups -OCH3 is 2. The van der Waals surface area contributed by atoms with Crippen LogP contribution in [0.15, 0.2) is 42.5 Å². The van der Waals surface area contributed by atoms with Gasteiger partial charge < -0.3 is 29.7 Å². The zero-order valence-corrected chi connectivity index (χ0v) is 20.8. The Morgan fingerprint density at radius 1 is 0.944 bits per heavy atom. The molecular weight excluding hydrogens is 468 g/mol. The molecule has 10 heteroatoms. The molecule has 0 bridgehead atoms. The molecule has 1 aliphatic heterocycles. The second-order valence-corrected chi connectivity index (χ2v) is 8.35. The van der Waals surface area contributed by atoms with Gasteiger partial charge in [0.05, 0.1) is 14.2 Å². The normalized spacial score (nSPS) is 13.8. The Morgan fingerprint density at radius 2 is 1.47 bits per heavy atom. The van der Waals surface area contributed by atoms with Crippen LogP contribution in [-0.2, 0) is 27.5 Å². The molecule has 196 valence electrons. The van der Waals surface area contributed by atoms with E-state index in [1.54, 1.807) is 0 Å². The first-order valence-electron chi connectivity index (χ1n) is 11.6. The number of aromatic hydroxyl groups is 1. The molecule has 1 saturated heterocycles. The summed E-state index contributed by atoms with van der Waals surface area (Å²) >= 11 is 0. The standard InChI is InChI=1S/C24H32N2O4.C2H2O4/c1-4-26(17-18-8-6-5-7-9-18)24(28)20-10-12-25(13-11-20)16-19-14-21(29-2)23(27)22(15-19)30-3;3-1(4)2(5)6/h5-9,14-15,20,27H,4,10-13,16-17H2,1-3H3;(H,3,4)(H,5,6). The lowest BCUT2D eigenvalue weighted by molar-refractivity contribution is -0.159. The fraction of sp³-hybridized carbons (Fsp3) is 0.423. The van der Waals surface area contributed by atoms with Crippen molar-refractivity contribution in [2.75, 3.05) is 33.9 Å². The summed E-state index contributed by atoms with van der Waals surface area (Å²) in [6.45, 7) is 5.90. The van der Waals surface area contributed by atoms with Crippen LogP contribution in [0.5, 0.6) is 17.2 Å². The van der Waals surface area contributed by atoms with Crippen LogP contribution in [0.1, 0.15) is 30.9 Å². The molecule has 36 heavy (non-hydrogen) atoms. The van der Waals surface area contributed by atoms with Crippen molar-refractivity contribution in [1.29, 1.82) is 0 Å². The highest BCUT2D eigenvalue weighted by atomic mass is 16.5. The van der Waals surface area contributed by atoms with E-state index in [1.807, 2.05) is 42.2 Å². The number of phenols is 1. The molecule has 1 aliphatic rings. The summed E-state index contributed by atoms with van der Waals surface area (Å²) in [4.78, 5) is 35.5. The average Bonchev–Trinajstić information content (AvgIpc) is 2.89. The molecule has 0 atom stereocenters. The van der Waals surface area contributed by atoms with Crippen LogP contribution >= 0.6 is 0 Å². The third kappa shape index (κ3) is 8.16. The molecule has 10 nitrogen and oxygen atoms in total. The maximum Gasteiger partial charge on any atom is 0.414 e. The van der Waals surface area contributed by atoms with Gasteiger partial charge >= 0.3 is 11.9 Å². The summed E-state index contributed by atoms with van der Waals surface area (Å²) in [7, 11) is 3.06. The molecule has 3 N–H and O–H groups in total. The van der Waals surface area contributed by atoms with E-state index in [1.165, 1.54) is 19.8 Å². The van der Waals surface area contributed by atoms with Crippen LogP contribution < -0.4 is 9.47 Å². The Balaban J connectivity index is 0.000000678. The van der Waals surface area contributed by atoms with Gasteiger partial charge in [0.25, 0.3) is 0 Å². The molecule has 0 saturated carbocycles. The Morgan fingerprint density at radius 3 is 1.92 bits per heavy atom. The first-order valence-corrected chi connectivity index (χ1v) is 11.6. The van der Waals surface area contributed by atoms with Crippen molar-refractivity contribution < 1.29 is 39.2 Å². The summed E-state index contributed by atoms with van der Waals surface area (Å²) in [6.07, 6.45) is 1.72. The molecule has 0 spiro atoms. The van der Waals surface area contributed by atoms with Crippen LogP contribution in [-0.4, -0.2) is 76.8 Å². The summed E-state index contributed by atoms with van der Waals surface area (Å²) in [5, 5.41) is 24.9. The van der Waals surface area contributed by atoms with E-state index in [0.29, 0.717) is 18.0 Å². The number of ether oxygens (including phenoxy) is 2. The minimum Gasteiger partial charge on any atom is -0.502 e. The van der Waals surface area contributed by atoms with Crippen LogP contribution in [0.4, 0.5) is 0 Å². The topological polar surface area (TPSA) is 137 Å². The van der Waals surface area contributed by atoms with Crippen molar-refractivity contribution in [1.82, 2.24) is 9.80 Å². The highest BCUT2D eigenvalue weighted by Crippen LogP contribution is 2.37. The first kappa shape index (κ1) is 28.4. The van der Waals surface area contributed by atoms with E-state index in [9.17, 15) is 9.90 Å². The van der Waals surface area contributed by atoms with Gasteiger partial charge in [0.1, 0.15) is 0 Å². The summed E-state index contributed by atoms with van der Waals surface area (Å²) in [6, 6.07) is 13.8. The lowest BCUT2D eigenvalue weighted by Crippen LogP contribution is -2.42. The van der Waals surface area contributed by atoms with Crippen molar-refractivity contribution in [3.05, 3.63) is 53.6 Å². The Bertz CT molecular complexity index is 983. The van der Waals surface area contributed by atoms with Gasteiger partial charge in [-0.2, -0.15) is 0 Å². The van der Waals surface area contributed by atoms with Gasteiger partial charge in [0.2, 0.25) is 11.7 Å². The average molecular weight is 503 g/mol. The number of hydrogen-bond acceptors (Lipinski definition) is 7. The highest BCUT2D eigenvalue weighted by molar-refractivity contribution is 6.27. The number of hydrogen-bond donors (Lipinski definition) is 3. The zero-order valence-electron chi connectivity index (χ0n) is 20.8. The monoisotopic (exact) mass is 502 g/mol. The lowest BCUT2D eigenvalue weighted by atomic mass is 9.94. The van der Waals surface area contributed by atoms with Gasteiger partial charge in [-0.3, -0.25) is 9.69 Å². The minimum atomic E-state index is -1.82. The van der Waals surface area contributed by atoms with E-state index >= 15 is 0 Å². The molecule has 3 rings (SSSR count). The van der Waals surface area contributed by atoms with Gasteiger partial charge in [-0.05, 0) is 56.1 Å². The maximum absolute atomic E-state index is 13.0. The van der Waals surface area contributed by atoms with Crippen LogP contribution in [0.25, 0.3) is 0 Å². The zero-order chi connectivity index (χ0) is 26.7. The second kappa shape index (κ2) is 13.9. The number of aliphatic carboxylic acids is 2. The van der Waals surface area contributed by atoms with Gasteiger partial charge in [-0.1, -0.05) is 30.3 Å². The summed E-state index contributed by atoms with van der Waals surface area (Å²) in [5.74, 6) is -2.47. The highest BCUT2D eigenvalue weighted by Gasteiger charge is 2.28. The van der Waals surface area contributed by atoms with Gasteiger partial charge in [0, 0.05) is 25.6 Å². The van der Waals surface area contributed by atoms with E-state index in [-0.39, 0.29) is 17.6 Å². The van der Waals surface area contributed by atoms with Gasteiger partial charge in [-0.15, -0.1) is 0 Å². The van der Waals surface area contributed by atoms with Crippen molar-refractivity contribution in [2.24, 2.45) is 5.92 Å². The Labute approximate surface area is 210 Å². The van der Waals surface area contributed by atoms with E-state index in [0.717, 1.165) is 44.6 Å². The lowest BCUT2D eigenvalue weighted by Gasteiger charge is -2.34. The molecule has 2 aromatic carbocycles. The number of nitrogens with zero attached hydrogens (tertiary/aromatic N) is 2. The number of amides is 1. The number of rotatable bonds is 8. The molecule has 0 radical (unpaired) electrons. The first-order chi connectivity index (χ1) is 17.2. The Kier molecular flexibility index (Phi) is 11.0. The largest absolute Gasteiger partial charge is 0.502 e. The SMILES string of the molecule is CCN(Cc1ccccc1)C(=O)C1CCN(Cc2cc(OC)c(O)c(OC)c2)CC1.O=C(O)C(=O)O. The summed E-state index contributed by atoms with van der Waals surface area (Å²) < 4.78 is 10.5. The number of piperidine rings is 1. The molecular formula is C26H34N2O8. The fourth-order valence-electron chi connectivity index (χ4n) is 4.04. The maximum atomic E-state index is 13.0. The molecule has 2 aromatic rings. The molecule has 0 unspecified atom stereocenters. The predicted octanol–water partition coefficient (Wildman–Crippen LogP) is 2.83. The number of carbonyl (C=O) groups excluding carboxylic acids is 1. The quantitative estimate of drug-likeness (QED) is 0.465. The molecule has 1 heterocycles. The molecule has 0 aromatic heterocycles. The molecule has 0 aliphatic carbocycles. The van der Waals surface area contributed by atoms with Crippen molar-refractivity contribution in [3.63, 3.8) is 0 Å². The van der Waals surface area contributed by atoms with Crippen molar-refractivity contribution in [2.45, 2.75) is 32.9 Å². The van der Waals surface area contributed by atoms with E-state index < -0.39 is 11.9 Å². The van der Waals surface area contributed by atoms with Crippen molar-refractivity contribution >= 4 is 17.8 Å². The molecule has 1 amide bonds. The molecule has 1 fully saturated rings. The Hall–Kier alpha value is -3.79. The van der Waals surface area contributed by atoms with Gasteiger partial charge in [-0.25, -0.2) is 9.59 Å². The van der Waals surface area contributed by atoms with E-state index in [2.05, 4.69) is 17.0 Å². The van der Waals surface area contributed by atoms with Gasteiger partial charge in [0.15, 0.2) is 11.5 Å². The summed E-state index contributed by atoms with van der Waals surface area (Å²) in [5.41, 5.74) is 2.19. The van der Waals surface area contributed by atoms with Crippen LogP contribution in [0.2, 0.25) is 0 Å². The van der Waals surface area contributed by atoms with Crippen LogP contribution in [0.3, 0.4) is 0 Å². The number of likely N-dealkylation sites (tertiary alicyclic amines) is 1. The van der Waals surface area contributed by atoms with Crippen molar-refractivity contribution in [3.8, 4) is 17.2 Å². The number of carboxylic acid groups (broad SMARTS) is 2. The smallest absolute Gasteiger partial charge is 0.414 e. The fourth-order valence-corrected chi connectivity index (χ4v) is 4.04. The van der Waals surface area contributed by atoms with E-state index in [4.69, 9.17) is 29.3 Å². The number of benzene rings is 2. The number of carbonyl (C=O) groups is 3. The number of phenolic OH excluding ortho intramolecular Hbond substituents is 1.